The summed E-state index contributed by atoms with van der Waals surface area (Å²) in [5, 5.41) is 8.75. The van der Waals surface area contributed by atoms with Crippen LogP contribution in [0.25, 0.3) is 0 Å². The predicted molar refractivity (Wildman–Crippen MR) is 115 cm³/mol. The number of aliphatic carboxylic acids is 1. The zero-order valence-electron chi connectivity index (χ0n) is 19.2. The molecule has 9 heteroatoms. The Morgan fingerprint density at radius 2 is 1.62 bits per heavy atom. The Labute approximate surface area is 196 Å². The number of carboxylic acid groups (broad SMARTS) is 1. The zero-order valence-corrected chi connectivity index (χ0v) is 19.2. The van der Waals surface area contributed by atoms with Gasteiger partial charge in [0.05, 0.1) is 17.2 Å². The molecule has 0 amide bonds. The molecule has 4 rings (SSSR count). The normalized spacial score (nSPS) is 28.6. The lowest BCUT2D eigenvalue weighted by Gasteiger charge is -2.31. The maximum absolute atomic E-state index is 13.9. The standard InChI is InChI=1S/C25H30F2O7/c1-13(2)21(25(26,27)24(30)31)34-23(29)15-8-6-14(7-9-15)22(28)33-12-32-20-11-16-10-19(20)18-5-3-4-17(16)18/h6-9,13,16-21H,3-5,10-12H2,1-2H3,(H,30,31)/t16?,17?,18-,19?,20?,21?/m1/s1. The third-order valence-electron chi connectivity index (χ3n) is 7.68. The highest BCUT2D eigenvalue weighted by molar-refractivity contribution is 5.93. The van der Waals surface area contributed by atoms with Crippen LogP contribution >= 0.6 is 0 Å². The molecule has 3 aliphatic rings. The van der Waals surface area contributed by atoms with Crippen LogP contribution in [0, 0.1) is 29.6 Å². The molecule has 3 aliphatic carbocycles. The van der Waals surface area contributed by atoms with Crippen LogP contribution < -0.4 is 0 Å². The van der Waals surface area contributed by atoms with Gasteiger partial charge in [-0.15, -0.1) is 0 Å². The SMILES string of the molecule is CC(C)C(OC(=O)c1ccc(C(=O)OCOC2CC3CC2[C@@H]2CCCC32)cc1)C(F)(F)C(=O)O. The van der Waals surface area contributed by atoms with Gasteiger partial charge in [0.25, 0.3) is 0 Å². The highest BCUT2D eigenvalue weighted by Crippen LogP contribution is 2.59. The molecule has 3 fully saturated rings. The lowest BCUT2D eigenvalue weighted by Crippen LogP contribution is -2.47. The molecule has 0 aliphatic heterocycles. The van der Waals surface area contributed by atoms with Crippen molar-refractivity contribution in [3.05, 3.63) is 35.4 Å². The maximum Gasteiger partial charge on any atom is 0.378 e. The quantitative estimate of drug-likeness (QED) is 0.409. The van der Waals surface area contributed by atoms with Crippen molar-refractivity contribution < 1.29 is 42.5 Å². The minimum Gasteiger partial charge on any atom is -0.477 e. The molecule has 1 N–H and O–H groups in total. The fourth-order valence-corrected chi connectivity index (χ4v) is 6.13. The number of hydrogen-bond acceptors (Lipinski definition) is 6. The van der Waals surface area contributed by atoms with Crippen molar-refractivity contribution in [3.63, 3.8) is 0 Å². The smallest absolute Gasteiger partial charge is 0.378 e. The van der Waals surface area contributed by atoms with Gasteiger partial charge in [0.1, 0.15) is 0 Å². The average Bonchev–Trinajstić information content (AvgIpc) is 3.50. The number of carbonyl (C=O) groups excluding carboxylic acids is 2. The van der Waals surface area contributed by atoms with Gasteiger partial charge in [0.2, 0.25) is 0 Å². The molecule has 2 bridgehead atoms. The van der Waals surface area contributed by atoms with Crippen LogP contribution in [0.1, 0.15) is 66.7 Å². The van der Waals surface area contributed by atoms with Gasteiger partial charge in [-0.05, 0) is 79.5 Å². The second-order valence-corrected chi connectivity index (χ2v) is 9.98. The van der Waals surface area contributed by atoms with E-state index in [0.717, 1.165) is 24.2 Å². The van der Waals surface area contributed by atoms with Crippen molar-refractivity contribution in [2.45, 2.75) is 64.1 Å². The number of esters is 2. The van der Waals surface area contributed by atoms with Gasteiger partial charge in [-0.25, -0.2) is 14.4 Å². The van der Waals surface area contributed by atoms with Gasteiger partial charge in [-0.1, -0.05) is 20.3 Å². The number of carboxylic acids is 1. The van der Waals surface area contributed by atoms with Crippen LogP contribution in [0.2, 0.25) is 0 Å². The van der Waals surface area contributed by atoms with E-state index in [1.54, 1.807) is 0 Å². The second-order valence-electron chi connectivity index (χ2n) is 9.98. The molecule has 34 heavy (non-hydrogen) atoms. The zero-order chi connectivity index (χ0) is 24.6. The number of rotatable bonds is 9. The number of carbonyl (C=O) groups is 3. The second kappa shape index (κ2) is 9.60. The van der Waals surface area contributed by atoms with Crippen molar-refractivity contribution in [1.82, 2.24) is 0 Å². The summed E-state index contributed by atoms with van der Waals surface area (Å²) < 4.78 is 43.7. The molecule has 0 spiro atoms. The van der Waals surface area contributed by atoms with Crippen LogP contribution in [-0.4, -0.2) is 47.9 Å². The topological polar surface area (TPSA) is 99.1 Å². The number of benzene rings is 1. The summed E-state index contributed by atoms with van der Waals surface area (Å²) in [6.07, 6.45) is 4.13. The molecule has 5 unspecified atom stereocenters. The summed E-state index contributed by atoms with van der Waals surface area (Å²) >= 11 is 0. The van der Waals surface area contributed by atoms with Crippen molar-refractivity contribution >= 4 is 17.9 Å². The molecule has 6 atom stereocenters. The average molecular weight is 481 g/mol. The molecule has 0 heterocycles. The summed E-state index contributed by atoms with van der Waals surface area (Å²) in [6, 6.07) is 5.12. The minimum absolute atomic E-state index is 0.0901. The van der Waals surface area contributed by atoms with E-state index in [2.05, 4.69) is 0 Å². The number of halogens is 2. The molecule has 0 aromatic heterocycles. The fraction of sp³-hybridized carbons (Fsp3) is 0.640. The number of hydrogen-bond donors (Lipinski definition) is 1. The molecule has 186 valence electrons. The summed E-state index contributed by atoms with van der Waals surface area (Å²) in [5.74, 6) is -6.37. The largest absolute Gasteiger partial charge is 0.477 e. The van der Waals surface area contributed by atoms with Gasteiger partial charge in [0, 0.05) is 0 Å². The third-order valence-corrected chi connectivity index (χ3v) is 7.68. The Bertz CT molecular complexity index is 930. The fourth-order valence-electron chi connectivity index (χ4n) is 6.13. The van der Waals surface area contributed by atoms with E-state index in [1.165, 1.54) is 63.8 Å². The van der Waals surface area contributed by atoms with E-state index in [9.17, 15) is 23.2 Å². The van der Waals surface area contributed by atoms with E-state index in [-0.39, 0.29) is 24.0 Å². The molecular formula is C25H30F2O7. The van der Waals surface area contributed by atoms with E-state index in [0.29, 0.717) is 5.92 Å². The number of fused-ring (bicyclic) bond motifs is 5. The first-order chi connectivity index (χ1) is 16.1. The van der Waals surface area contributed by atoms with Gasteiger partial charge < -0.3 is 19.3 Å². The minimum atomic E-state index is -4.23. The van der Waals surface area contributed by atoms with Crippen molar-refractivity contribution in [1.29, 1.82) is 0 Å². The Morgan fingerprint density at radius 1 is 1.00 bits per heavy atom. The highest BCUT2D eigenvalue weighted by Gasteiger charge is 2.54. The molecule has 0 saturated heterocycles. The van der Waals surface area contributed by atoms with E-state index >= 15 is 0 Å². The predicted octanol–water partition coefficient (Wildman–Crippen LogP) is 4.54. The first kappa shape index (κ1) is 24.6. The first-order valence-corrected chi connectivity index (χ1v) is 11.8. The van der Waals surface area contributed by atoms with Crippen LogP contribution in [0.4, 0.5) is 8.78 Å². The monoisotopic (exact) mass is 480 g/mol. The Kier molecular flexibility index (Phi) is 6.94. The van der Waals surface area contributed by atoms with Crippen LogP contribution in [0.5, 0.6) is 0 Å². The van der Waals surface area contributed by atoms with Crippen LogP contribution in [-0.2, 0) is 19.0 Å². The Balaban J connectivity index is 1.28. The Morgan fingerprint density at radius 3 is 2.24 bits per heavy atom. The summed E-state index contributed by atoms with van der Waals surface area (Å²) in [5.41, 5.74) is 0.0768. The summed E-state index contributed by atoms with van der Waals surface area (Å²) in [4.78, 5) is 35.5. The van der Waals surface area contributed by atoms with Gasteiger partial charge in [-0.2, -0.15) is 8.78 Å². The van der Waals surface area contributed by atoms with Crippen molar-refractivity contribution in [2.75, 3.05) is 6.79 Å². The number of ether oxygens (including phenoxy) is 3. The van der Waals surface area contributed by atoms with Crippen molar-refractivity contribution in [3.8, 4) is 0 Å². The molecule has 0 radical (unpaired) electrons. The van der Waals surface area contributed by atoms with Crippen LogP contribution in [0.3, 0.4) is 0 Å². The maximum atomic E-state index is 13.9. The molecular weight excluding hydrogens is 450 g/mol. The van der Waals surface area contributed by atoms with Gasteiger partial charge >= 0.3 is 23.8 Å². The summed E-state index contributed by atoms with van der Waals surface area (Å²) in [6.45, 7) is 2.52. The van der Waals surface area contributed by atoms with E-state index < -0.39 is 35.9 Å². The molecule has 3 saturated carbocycles. The first-order valence-electron chi connectivity index (χ1n) is 11.8. The van der Waals surface area contributed by atoms with Crippen LogP contribution in [0.15, 0.2) is 24.3 Å². The van der Waals surface area contributed by atoms with E-state index in [4.69, 9.17) is 19.3 Å². The third kappa shape index (κ3) is 4.67. The van der Waals surface area contributed by atoms with Gasteiger partial charge in [-0.3, -0.25) is 0 Å². The van der Waals surface area contributed by atoms with Crippen molar-refractivity contribution in [2.24, 2.45) is 29.6 Å². The lowest BCUT2D eigenvalue weighted by atomic mass is 9.80. The molecule has 1 aromatic carbocycles. The number of alkyl halides is 2. The van der Waals surface area contributed by atoms with E-state index in [1.807, 2.05) is 0 Å². The Hall–Kier alpha value is -2.55. The molecule has 1 aromatic rings. The lowest BCUT2D eigenvalue weighted by molar-refractivity contribution is -0.187. The molecule has 7 nitrogen and oxygen atoms in total. The summed E-state index contributed by atoms with van der Waals surface area (Å²) in [7, 11) is 0. The van der Waals surface area contributed by atoms with Gasteiger partial charge in [0.15, 0.2) is 12.9 Å². The highest BCUT2D eigenvalue weighted by atomic mass is 19.3.